The molecule has 0 radical (unpaired) electrons. The maximum Gasteiger partial charge on any atom is 0.242 e. The molecule has 2 aromatic carbocycles. The maximum absolute atomic E-state index is 13.6. The van der Waals surface area contributed by atoms with Crippen LogP contribution >= 0.6 is 0 Å². The van der Waals surface area contributed by atoms with Crippen LogP contribution in [0.2, 0.25) is 0 Å². The molecule has 0 saturated carbocycles. The fourth-order valence-corrected chi connectivity index (χ4v) is 4.18. The molecule has 1 heterocycles. The Hall–Kier alpha value is -3.52. The summed E-state index contributed by atoms with van der Waals surface area (Å²) in [6, 6.07) is 13.8. The van der Waals surface area contributed by atoms with E-state index >= 15 is 0 Å². The second-order valence-electron chi connectivity index (χ2n) is 9.02. The van der Waals surface area contributed by atoms with Crippen molar-refractivity contribution in [2.45, 2.75) is 26.8 Å². The molecule has 0 aliphatic rings. The van der Waals surface area contributed by atoms with Crippen molar-refractivity contribution in [2.24, 2.45) is 5.92 Å². The molecule has 3 rings (SSSR count). The van der Waals surface area contributed by atoms with E-state index in [2.05, 4.69) is 11.1 Å². The van der Waals surface area contributed by atoms with Crippen molar-refractivity contribution in [1.29, 1.82) is 0 Å². The SMILES string of the molecule is COCCN(CC(=O)N(CCc1c[nH]c2ccccc12)Cc1ccc(OC)c(OC)c1)C(=O)C(C)C. The largest absolute Gasteiger partial charge is 0.493 e. The number of nitrogens with one attached hydrogen (secondary N) is 1. The lowest BCUT2D eigenvalue weighted by Crippen LogP contribution is -2.45. The third-order valence-corrected chi connectivity index (χ3v) is 6.20. The van der Waals surface area contributed by atoms with Crippen molar-refractivity contribution in [3.63, 3.8) is 0 Å². The molecule has 194 valence electrons. The third-order valence-electron chi connectivity index (χ3n) is 6.20. The maximum atomic E-state index is 13.6. The standard InChI is InChI=1S/C28H37N3O5/c1-20(2)28(33)31(14-15-34-3)19-27(32)30(18-21-10-11-25(35-4)26(16-21)36-5)13-12-22-17-29-24-9-7-6-8-23(22)24/h6-11,16-17,20,29H,12-15,18-19H2,1-5H3. The van der Waals surface area contributed by atoms with Gasteiger partial charge in [0.15, 0.2) is 11.5 Å². The van der Waals surface area contributed by atoms with Gasteiger partial charge in [-0.25, -0.2) is 0 Å². The Balaban J connectivity index is 1.83. The minimum atomic E-state index is -0.208. The zero-order valence-electron chi connectivity index (χ0n) is 21.9. The number of para-hydroxylation sites is 1. The monoisotopic (exact) mass is 495 g/mol. The van der Waals surface area contributed by atoms with Crippen LogP contribution in [0.15, 0.2) is 48.7 Å². The zero-order valence-corrected chi connectivity index (χ0v) is 21.9. The minimum absolute atomic E-state index is 0.00154. The van der Waals surface area contributed by atoms with Gasteiger partial charge in [-0.1, -0.05) is 38.1 Å². The first-order valence-electron chi connectivity index (χ1n) is 12.2. The molecule has 1 N–H and O–H groups in total. The molecule has 0 saturated heterocycles. The van der Waals surface area contributed by atoms with E-state index in [1.165, 1.54) is 0 Å². The molecule has 2 amide bonds. The van der Waals surface area contributed by atoms with Gasteiger partial charge >= 0.3 is 0 Å². The number of H-pyrrole nitrogens is 1. The van der Waals surface area contributed by atoms with Crippen LogP contribution in [0, 0.1) is 5.92 Å². The summed E-state index contributed by atoms with van der Waals surface area (Å²) < 4.78 is 16.0. The summed E-state index contributed by atoms with van der Waals surface area (Å²) in [5.74, 6) is 0.847. The van der Waals surface area contributed by atoms with E-state index in [0.29, 0.717) is 44.2 Å². The number of amides is 2. The molecule has 0 bridgehead atoms. The molecule has 36 heavy (non-hydrogen) atoms. The van der Waals surface area contributed by atoms with E-state index in [1.807, 2.05) is 56.4 Å². The summed E-state index contributed by atoms with van der Waals surface area (Å²) in [7, 11) is 4.77. The number of rotatable bonds is 13. The summed E-state index contributed by atoms with van der Waals surface area (Å²) in [6.07, 6.45) is 2.68. The lowest BCUT2D eigenvalue weighted by atomic mass is 10.1. The second kappa shape index (κ2) is 13.0. The molecule has 0 fully saturated rings. The van der Waals surface area contributed by atoms with Crippen LogP contribution in [0.3, 0.4) is 0 Å². The smallest absolute Gasteiger partial charge is 0.242 e. The summed E-state index contributed by atoms with van der Waals surface area (Å²) in [5.41, 5.74) is 3.13. The van der Waals surface area contributed by atoms with Crippen molar-refractivity contribution in [2.75, 3.05) is 47.6 Å². The van der Waals surface area contributed by atoms with Crippen LogP contribution in [0.1, 0.15) is 25.0 Å². The molecule has 8 heteroatoms. The Kier molecular flexibility index (Phi) is 9.76. The number of hydrogen-bond donors (Lipinski definition) is 1. The number of fused-ring (bicyclic) bond motifs is 1. The summed E-state index contributed by atoms with van der Waals surface area (Å²) >= 11 is 0. The third kappa shape index (κ3) is 6.79. The molecular formula is C28H37N3O5. The van der Waals surface area contributed by atoms with Gasteiger partial charge in [0, 0.05) is 49.8 Å². The molecule has 0 spiro atoms. The number of nitrogens with zero attached hydrogens (tertiary/aromatic N) is 2. The number of aromatic nitrogens is 1. The number of hydrogen-bond acceptors (Lipinski definition) is 5. The number of benzene rings is 2. The minimum Gasteiger partial charge on any atom is -0.493 e. The first-order chi connectivity index (χ1) is 17.4. The van der Waals surface area contributed by atoms with Crippen LogP contribution in [0.5, 0.6) is 11.5 Å². The van der Waals surface area contributed by atoms with E-state index in [0.717, 1.165) is 22.0 Å². The first kappa shape index (κ1) is 27.1. The Labute approximate surface area is 213 Å². The number of ether oxygens (including phenoxy) is 3. The van der Waals surface area contributed by atoms with Gasteiger partial charge in [0.2, 0.25) is 11.8 Å². The van der Waals surface area contributed by atoms with Crippen molar-refractivity contribution in [3.8, 4) is 11.5 Å². The van der Waals surface area contributed by atoms with E-state index < -0.39 is 0 Å². The Bertz CT molecular complexity index is 1160. The lowest BCUT2D eigenvalue weighted by Gasteiger charge is -2.29. The van der Waals surface area contributed by atoms with Gasteiger partial charge in [-0.2, -0.15) is 0 Å². The van der Waals surface area contributed by atoms with Gasteiger partial charge in [0.1, 0.15) is 0 Å². The fourth-order valence-electron chi connectivity index (χ4n) is 4.18. The highest BCUT2D eigenvalue weighted by molar-refractivity contribution is 5.86. The van der Waals surface area contributed by atoms with Gasteiger partial charge in [-0.05, 0) is 35.7 Å². The number of carbonyl (C=O) groups excluding carboxylic acids is 2. The van der Waals surface area contributed by atoms with Crippen LogP contribution in [-0.2, 0) is 27.3 Å². The highest BCUT2D eigenvalue weighted by Gasteiger charge is 2.23. The van der Waals surface area contributed by atoms with Gasteiger partial charge < -0.3 is 29.0 Å². The van der Waals surface area contributed by atoms with E-state index in [9.17, 15) is 9.59 Å². The topological polar surface area (TPSA) is 84.1 Å². The Morgan fingerprint density at radius 1 is 0.944 bits per heavy atom. The van der Waals surface area contributed by atoms with Gasteiger partial charge in [0.05, 0.1) is 27.4 Å². The number of carbonyl (C=O) groups is 2. The molecule has 0 aliphatic heterocycles. The Morgan fingerprint density at radius 3 is 2.39 bits per heavy atom. The second-order valence-corrected chi connectivity index (χ2v) is 9.02. The lowest BCUT2D eigenvalue weighted by molar-refractivity contribution is -0.143. The van der Waals surface area contributed by atoms with Gasteiger partial charge in [0.25, 0.3) is 0 Å². The number of methoxy groups -OCH3 is 3. The van der Waals surface area contributed by atoms with E-state index in [-0.39, 0.29) is 24.3 Å². The number of aromatic amines is 1. The molecule has 3 aromatic rings. The summed E-state index contributed by atoms with van der Waals surface area (Å²) in [4.78, 5) is 33.0. The van der Waals surface area contributed by atoms with Crippen LogP contribution in [0.25, 0.3) is 10.9 Å². The molecule has 8 nitrogen and oxygen atoms in total. The van der Waals surface area contributed by atoms with E-state index in [1.54, 1.807) is 31.1 Å². The molecule has 0 aliphatic carbocycles. The van der Waals surface area contributed by atoms with Crippen molar-refractivity contribution < 1.29 is 23.8 Å². The molecule has 1 aromatic heterocycles. The summed E-state index contributed by atoms with van der Waals surface area (Å²) in [6.45, 7) is 5.30. The van der Waals surface area contributed by atoms with Crippen molar-refractivity contribution in [1.82, 2.24) is 14.8 Å². The average molecular weight is 496 g/mol. The quantitative estimate of drug-likeness (QED) is 0.389. The van der Waals surface area contributed by atoms with Crippen molar-refractivity contribution in [3.05, 3.63) is 59.8 Å². The predicted molar refractivity (Wildman–Crippen MR) is 140 cm³/mol. The van der Waals surface area contributed by atoms with Crippen LogP contribution in [0.4, 0.5) is 0 Å². The molecular weight excluding hydrogens is 458 g/mol. The fraction of sp³-hybridized carbons (Fsp3) is 0.429. The van der Waals surface area contributed by atoms with Gasteiger partial charge in [-0.3, -0.25) is 9.59 Å². The van der Waals surface area contributed by atoms with Gasteiger partial charge in [-0.15, -0.1) is 0 Å². The van der Waals surface area contributed by atoms with E-state index in [4.69, 9.17) is 14.2 Å². The average Bonchev–Trinajstić information content (AvgIpc) is 3.31. The molecule has 0 atom stereocenters. The highest BCUT2D eigenvalue weighted by atomic mass is 16.5. The predicted octanol–water partition coefficient (Wildman–Crippen LogP) is 3.89. The van der Waals surface area contributed by atoms with Crippen molar-refractivity contribution >= 4 is 22.7 Å². The zero-order chi connectivity index (χ0) is 26.1. The van der Waals surface area contributed by atoms with Crippen LogP contribution < -0.4 is 9.47 Å². The first-order valence-corrected chi connectivity index (χ1v) is 12.2. The van der Waals surface area contributed by atoms with Crippen LogP contribution in [-0.4, -0.2) is 74.2 Å². The normalized spacial score (nSPS) is 11.1. The Morgan fingerprint density at radius 2 is 1.69 bits per heavy atom. The molecule has 0 unspecified atom stereocenters. The highest BCUT2D eigenvalue weighted by Crippen LogP contribution is 2.28. The summed E-state index contributed by atoms with van der Waals surface area (Å²) in [5, 5.41) is 1.15.